The van der Waals surface area contributed by atoms with Crippen LogP contribution in [-0.2, 0) is 10.0 Å². The summed E-state index contributed by atoms with van der Waals surface area (Å²) in [5, 5.41) is 9.61. The van der Waals surface area contributed by atoms with E-state index in [4.69, 9.17) is 0 Å². The molecular formula is C17H17N3O5S. The summed E-state index contributed by atoms with van der Waals surface area (Å²) in [5.74, 6) is -1.66. The molecule has 0 bridgehead atoms. The van der Waals surface area contributed by atoms with E-state index in [9.17, 15) is 23.1 Å². The van der Waals surface area contributed by atoms with E-state index < -0.39 is 21.8 Å². The van der Waals surface area contributed by atoms with Gasteiger partial charge in [-0.2, -0.15) is 0 Å². The number of phenols is 1. The number of para-hydroxylation sites is 1. The standard InChI is InChI=1S/C17H17N3O5S/c1-2-10-18-26(24,25)13-7-5-6-12(11-13)16(22)19-20-17(23)14-8-3-4-9-15(14)21/h2-9,11,18,21H,1,10H2,(H,19,22)(H,20,23). The largest absolute Gasteiger partial charge is 0.507 e. The molecule has 26 heavy (non-hydrogen) atoms. The van der Waals surface area contributed by atoms with Gasteiger partial charge in [0.05, 0.1) is 10.5 Å². The number of hydrogen-bond acceptors (Lipinski definition) is 5. The van der Waals surface area contributed by atoms with E-state index in [0.29, 0.717) is 0 Å². The molecule has 0 radical (unpaired) electrons. The second-order valence-corrected chi connectivity index (χ2v) is 6.86. The summed E-state index contributed by atoms with van der Waals surface area (Å²) in [6.45, 7) is 3.48. The van der Waals surface area contributed by atoms with Crippen molar-refractivity contribution >= 4 is 21.8 Å². The number of aromatic hydroxyl groups is 1. The van der Waals surface area contributed by atoms with Crippen molar-refractivity contribution in [1.29, 1.82) is 0 Å². The Morgan fingerprint density at radius 1 is 1.04 bits per heavy atom. The zero-order chi connectivity index (χ0) is 19.2. The van der Waals surface area contributed by atoms with Gasteiger partial charge in [0.1, 0.15) is 5.75 Å². The highest BCUT2D eigenvalue weighted by molar-refractivity contribution is 7.89. The molecule has 9 heteroatoms. The van der Waals surface area contributed by atoms with E-state index in [1.165, 1.54) is 42.5 Å². The Bertz CT molecular complexity index is 941. The van der Waals surface area contributed by atoms with E-state index in [2.05, 4.69) is 22.2 Å². The minimum absolute atomic E-state index is 0.0160. The monoisotopic (exact) mass is 375 g/mol. The van der Waals surface area contributed by atoms with Gasteiger partial charge in [0.15, 0.2) is 0 Å². The lowest BCUT2D eigenvalue weighted by Crippen LogP contribution is -2.41. The molecule has 2 amide bonds. The Morgan fingerprint density at radius 2 is 1.73 bits per heavy atom. The maximum Gasteiger partial charge on any atom is 0.273 e. The third kappa shape index (κ3) is 4.68. The third-order valence-electron chi connectivity index (χ3n) is 3.26. The van der Waals surface area contributed by atoms with Gasteiger partial charge in [-0.05, 0) is 30.3 Å². The maximum atomic E-state index is 12.1. The first-order valence-corrected chi connectivity index (χ1v) is 8.93. The van der Waals surface area contributed by atoms with Crippen LogP contribution in [-0.4, -0.2) is 31.9 Å². The Balaban J connectivity index is 2.08. The van der Waals surface area contributed by atoms with Crippen LogP contribution in [0, 0.1) is 0 Å². The van der Waals surface area contributed by atoms with Crippen LogP contribution in [0.25, 0.3) is 0 Å². The number of hydrazine groups is 1. The Morgan fingerprint density at radius 3 is 2.42 bits per heavy atom. The number of rotatable bonds is 6. The average molecular weight is 375 g/mol. The lowest BCUT2D eigenvalue weighted by Gasteiger charge is -2.10. The fourth-order valence-corrected chi connectivity index (χ4v) is 3.02. The van der Waals surface area contributed by atoms with Gasteiger partial charge in [0.25, 0.3) is 11.8 Å². The van der Waals surface area contributed by atoms with Gasteiger partial charge in [-0.25, -0.2) is 13.1 Å². The minimum atomic E-state index is -3.78. The number of amides is 2. The summed E-state index contributed by atoms with van der Waals surface area (Å²) in [5.41, 5.74) is 4.33. The summed E-state index contributed by atoms with van der Waals surface area (Å²) in [7, 11) is -3.78. The summed E-state index contributed by atoms with van der Waals surface area (Å²) in [4.78, 5) is 24.0. The van der Waals surface area contributed by atoms with Crippen LogP contribution in [0.3, 0.4) is 0 Å². The number of phenolic OH excluding ortho intramolecular Hbond substituents is 1. The molecule has 0 aliphatic heterocycles. The van der Waals surface area contributed by atoms with Crippen LogP contribution >= 0.6 is 0 Å². The Hall–Kier alpha value is -3.17. The molecule has 0 spiro atoms. The molecule has 0 heterocycles. The molecule has 136 valence electrons. The first kappa shape index (κ1) is 19.2. The molecule has 2 aromatic rings. The predicted octanol–water partition coefficient (Wildman–Crippen LogP) is 0.931. The molecule has 0 aliphatic carbocycles. The Kier molecular flexibility index (Phi) is 6.10. The predicted molar refractivity (Wildman–Crippen MR) is 94.9 cm³/mol. The number of benzene rings is 2. The molecule has 0 aliphatic rings. The van der Waals surface area contributed by atoms with Crippen molar-refractivity contribution in [2.75, 3.05) is 6.54 Å². The highest BCUT2D eigenvalue weighted by Crippen LogP contribution is 2.15. The van der Waals surface area contributed by atoms with Gasteiger partial charge in [-0.3, -0.25) is 20.4 Å². The van der Waals surface area contributed by atoms with Gasteiger partial charge in [0.2, 0.25) is 10.0 Å². The number of hydrogen-bond donors (Lipinski definition) is 4. The van der Waals surface area contributed by atoms with Crippen LogP contribution in [0.4, 0.5) is 0 Å². The second-order valence-electron chi connectivity index (χ2n) is 5.09. The van der Waals surface area contributed by atoms with Crippen LogP contribution in [0.2, 0.25) is 0 Å². The number of carbonyl (C=O) groups excluding carboxylic acids is 2. The summed E-state index contributed by atoms with van der Waals surface area (Å²) in [6, 6.07) is 11.1. The van der Waals surface area contributed by atoms with Crippen LogP contribution in [0.1, 0.15) is 20.7 Å². The second kappa shape index (κ2) is 8.28. The van der Waals surface area contributed by atoms with Gasteiger partial charge >= 0.3 is 0 Å². The van der Waals surface area contributed by atoms with Gasteiger partial charge in [0, 0.05) is 12.1 Å². The van der Waals surface area contributed by atoms with Crippen molar-refractivity contribution in [2.45, 2.75) is 4.90 Å². The molecule has 0 fully saturated rings. The quantitative estimate of drug-likeness (QED) is 0.442. The number of carbonyl (C=O) groups is 2. The topological polar surface area (TPSA) is 125 Å². The van der Waals surface area contributed by atoms with E-state index in [-0.39, 0.29) is 28.3 Å². The molecule has 0 saturated carbocycles. The minimum Gasteiger partial charge on any atom is -0.507 e. The van der Waals surface area contributed by atoms with Crippen LogP contribution in [0.5, 0.6) is 5.75 Å². The van der Waals surface area contributed by atoms with Crippen molar-refractivity contribution in [1.82, 2.24) is 15.6 Å². The van der Waals surface area contributed by atoms with Crippen molar-refractivity contribution in [2.24, 2.45) is 0 Å². The highest BCUT2D eigenvalue weighted by Gasteiger charge is 2.16. The smallest absolute Gasteiger partial charge is 0.273 e. The molecule has 0 unspecified atom stereocenters. The molecule has 2 aromatic carbocycles. The van der Waals surface area contributed by atoms with Crippen molar-refractivity contribution in [3.63, 3.8) is 0 Å². The molecule has 0 atom stereocenters. The molecular weight excluding hydrogens is 358 g/mol. The fraction of sp³-hybridized carbons (Fsp3) is 0.0588. The SMILES string of the molecule is C=CCNS(=O)(=O)c1cccc(C(=O)NNC(=O)c2ccccc2O)c1. The van der Waals surface area contributed by atoms with Crippen LogP contribution in [0.15, 0.2) is 66.1 Å². The summed E-state index contributed by atoms with van der Waals surface area (Å²) in [6.07, 6.45) is 1.39. The third-order valence-corrected chi connectivity index (χ3v) is 4.68. The lowest BCUT2D eigenvalue weighted by molar-refractivity contribution is 0.0845. The number of sulfonamides is 1. The molecule has 0 aromatic heterocycles. The summed E-state index contributed by atoms with van der Waals surface area (Å²) < 4.78 is 26.4. The van der Waals surface area contributed by atoms with E-state index >= 15 is 0 Å². The molecule has 0 saturated heterocycles. The van der Waals surface area contributed by atoms with Gasteiger partial charge in [-0.15, -0.1) is 6.58 Å². The number of nitrogens with one attached hydrogen (secondary N) is 3. The zero-order valence-electron chi connectivity index (χ0n) is 13.6. The van der Waals surface area contributed by atoms with Crippen molar-refractivity contribution < 1.29 is 23.1 Å². The average Bonchev–Trinajstić information content (AvgIpc) is 2.64. The van der Waals surface area contributed by atoms with Crippen molar-refractivity contribution in [3.8, 4) is 5.75 Å². The maximum absolute atomic E-state index is 12.1. The summed E-state index contributed by atoms with van der Waals surface area (Å²) >= 11 is 0. The molecule has 4 N–H and O–H groups in total. The first-order valence-electron chi connectivity index (χ1n) is 7.44. The van der Waals surface area contributed by atoms with Gasteiger partial charge < -0.3 is 5.11 Å². The highest BCUT2D eigenvalue weighted by atomic mass is 32.2. The Labute approximate surface area is 150 Å². The van der Waals surface area contributed by atoms with E-state index in [0.717, 1.165) is 0 Å². The van der Waals surface area contributed by atoms with Crippen molar-refractivity contribution in [3.05, 3.63) is 72.3 Å². The van der Waals surface area contributed by atoms with Crippen LogP contribution < -0.4 is 15.6 Å². The normalized spacial score (nSPS) is 10.8. The first-order chi connectivity index (χ1) is 12.3. The molecule has 8 nitrogen and oxygen atoms in total. The zero-order valence-corrected chi connectivity index (χ0v) is 14.4. The van der Waals surface area contributed by atoms with E-state index in [1.807, 2.05) is 0 Å². The lowest BCUT2D eigenvalue weighted by atomic mass is 10.2. The molecule has 2 rings (SSSR count). The fourth-order valence-electron chi connectivity index (χ4n) is 1.98. The van der Waals surface area contributed by atoms with Gasteiger partial charge in [-0.1, -0.05) is 24.3 Å². The van der Waals surface area contributed by atoms with E-state index in [1.54, 1.807) is 12.1 Å².